The third kappa shape index (κ3) is 9.50. The van der Waals surface area contributed by atoms with E-state index in [-0.39, 0.29) is 6.61 Å². The van der Waals surface area contributed by atoms with Crippen molar-refractivity contribution in [2.45, 2.75) is 32.9 Å². The fraction of sp³-hybridized carbons (Fsp3) is 1.00. The van der Waals surface area contributed by atoms with Crippen LogP contribution in [0.3, 0.4) is 0 Å². The standard InChI is InChI=1S/C12H27NO4/c1-4-16-10-12(15)9-13(11(2)3)5-7-17-8-6-14/h11-12,14-15H,4-10H2,1-3H3. The molecule has 0 fully saturated rings. The summed E-state index contributed by atoms with van der Waals surface area (Å²) in [6.45, 7) is 9.40. The van der Waals surface area contributed by atoms with E-state index in [2.05, 4.69) is 18.7 Å². The quantitative estimate of drug-likeness (QED) is 0.509. The molecule has 0 saturated heterocycles. The van der Waals surface area contributed by atoms with Crippen LogP contribution >= 0.6 is 0 Å². The van der Waals surface area contributed by atoms with Gasteiger partial charge in [-0.1, -0.05) is 0 Å². The molecule has 0 radical (unpaired) electrons. The first-order valence-electron chi connectivity index (χ1n) is 6.30. The summed E-state index contributed by atoms with van der Waals surface area (Å²) in [6.07, 6.45) is -0.463. The van der Waals surface area contributed by atoms with Crippen molar-refractivity contribution in [3.63, 3.8) is 0 Å². The van der Waals surface area contributed by atoms with Gasteiger partial charge in [-0.3, -0.25) is 4.90 Å². The lowest BCUT2D eigenvalue weighted by molar-refractivity contribution is 0.00489. The first-order valence-corrected chi connectivity index (χ1v) is 6.30. The van der Waals surface area contributed by atoms with Crippen LogP contribution in [0.4, 0.5) is 0 Å². The molecule has 1 unspecified atom stereocenters. The molecule has 0 aliphatic heterocycles. The minimum atomic E-state index is -0.463. The number of hydrogen-bond acceptors (Lipinski definition) is 5. The molecule has 104 valence electrons. The Labute approximate surface area is 104 Å². The van der Waals surface area contributed by atoms with E-state index in [1.165, 1.54) is 0 Å². The molecule has 17 heavy (non-hydrogen) atoms. The second kappa shape index (κ2) is 10.9. The van der Waals surface area contributed by atoms with E-state index in [1.54, 1.807) is 0 Å². The Hall–Kier alpha value is -0.200. The van der Waals surface area contributed by atoms with Gasteiger partial charge in [0.05, 0.1) is 32.5 Å². The van der Waals surface area contributed by atoms with Crippen molar-refractivity contribution >= 4 is 0 Å². The second-order valence-corrected chi connectivity index (χ2v) is 4.24. The van der Waals surface area contributed by atoms with Crippen molar-refractivity contribution in [3.8, 4) is 0 Å². The number of aliphatic hydroxyl groups excluding tert-OH is 2. The lowest BCUT2D eigenvalue weighted by atomic mass is 10.2. The maximum absolute atomic E-state index is 9.75. The Morgan fingerprint density at radius 2 is 1.88 bits per heavy atom. The van der Waals surface area contributed by atoms with Gasteiger partial charge in [0.1, 0.15) is 0 Å². The van der Waals surface area contributed by atoms with Gasteiger partial charge >= 0.3 is 0 Å². The van der Waals surface area contributed by atoms with E-state index in [9.17, 15) is 5.11 Å². The smallest absolute Gasteiger partial charge is 0.0900 e. The average molecular weight is 249 g/mol. The first-order chi connectivity index (χ1) is 8.11. The topological polar surface area (TPSA) is 62.2 Å². The normalized spacial score (nSPS) is 13.6. The molecule has 0 aromatic rings. The number of hydrogen-bond donors (Lipinski definition) is 2. The van der Waals surface area contributed by atoms with Gasteiger partial charge in [-0.2, -0.15) is 0 Å². The number of ether oxygens (including phenoxy) is 2. The SMILES string of the molecule is CCOCC(O)CN(CCOCCO)C(C)C. The van der Waals surface area contributed by atoms with Crippen molar-refractivity contribution in [2.24, 2.45) is 0 Å². The lowest BCUT2D eigenvalue weighted by Gasteiger charge is -2.28. The molecular formula is C12H27NO4. The zero-order valence-electron chi connectivity index (χ0n) is 11.3. The predicted octanol–water partition coefficient (Wildman–Crippen LogP) is 0.103. The van der Waals surface area contributed by atoms with Gasteiger partial charge in [0, 0.05) is 25.7 Å². The molecule has 0 aliphatic rings. The highest BCUT2D eigenvalue weighted by Crippen LogP contribution is 2.01. The number of aliphatic hydroxyl groups is 2. The summed E-state index contributed by atoms with van der Waals surface area (Å²) in [6, 6.07) is 0.351. The van der Waals surface area contributed by atoms with Crippen LogP contribution in [0.5, 0.6) is 0 Å². The summed E-state index contributed by atoms with van der Waals surface area (Å²) in [5.74, 6) is 0. The highest BCUT2D eigenvalue weighted by atomic mass is 16.5. The van der Waals surface area contributed by atoms with Gasteiger partial charge in [-0.05, 0) is 20.8 Å². The summed E-state index contributed by atoms with van der Waals surface area (Å²) in [5.41, 5.74) is 0. The minimum absolute atomic E-state index is 0.0502. The van der Waals surface area contributed by atoms with Gasteiger partial charge in [-0.15, -0.1) is 0 Å². The molecule has 5 nitrogen and oxygen atoms in total. The lowest BCUT2D eigenvalue weighted by Crippen LogP contribution is -2.41. The van der Waals surface area contributed by atoms with E-state index in [0.717, 1.165) is 6.54 Å². The third-order valence-corrected chi connectivity index (χ3v) is 2.45. The maximum atomic E-state index is 9.75. The molecule has 0 saturated carbocycles. The van der Waals surface area contributed by atoms with Gasteiger partial charge < -0.3 is 19.7 Å². The molecule has 5 heteroatoms. The Morgan fingerprint density at radius 1 is 1.18 bits per heavy atom. The highest BCUT2D eigenvalue weighted by molar-refractivity contribution is 4.67. The molecule has 0 aromatic carbocycles. The van der Waals surface area contributed by atoms with Crippen LogP contribution in [0.25, 0.3) is 0 Å². The molecule has 0 rings (SSSR count). The first kappa shape index (κ1) is 16.8. The van der Waals surface area contributed by atoms with Gasteiger partial charge in [0.2, 0.25) is 0 Å². The zero-order chi connectivity index (χ0) is 13.1. The molecule has 1 atom stereocenters. The van der Waals surface area contributed by atoms with Crippen LogP contribution in [0, 0.1) is 0 Å². The molecule has 2 N–H and O–H groups in total. The molecular weight excluding hydrogens is 222 g/mol. The molecule has 0 heterocycles. The van der Waals surface area contributed by atoms with Crippen LogP contribution < -0.4 is 0 Å². The zero-order valence-corrected chi connectivity index (χ0v) is 11.3. The van der Waals surface area contributed by atoms with Gasteiger partial charge in [0.25, 0.3) is 0 Å². The van der Waals surface area contributed by atoms with Crippen LogP contribution in [0.1, 0.15) is 20.8 Å². The minimum Gasteiger partial charge on any atom is -0.394 e. The highest BCUT2D eigenvalue weighted by Gasteiger charge is 2.14. The Balaban J connectivity index is 3.80. The van der Waals surface area contributed by atoms with Crippen molar-refractivity contribution in [3.05, 3.63) is 0 Å². The Bertz CT molecular complexity index is 167. The van der Waals surface area contributed by atoms with Crippen molar-refractivity contribution < 1.29 is 19.7 Å². The van der Waals surface area contributed by atoms with E-state index in [1.807, 2.05) is 6.92 Å². The van der Waals surface area contributed by atoms with Crippen LogP contribution in [-0.4, -0.2) is 73.4 Å². The van der Waals surface area contributed by atoms with Crippen molar-refractivity contribution in [1.29, 1.82) is 0 Å². The summed E-state index contributed by atoms with van der Waals surface area (Å²) in [4.78, 5) is 2.14. The summed E-state index contributed by atoms with van der Waals surface area (Å²) >= 11 is 0. The summed E-state index contributed by atoms with van der Waals surface area (Å²) in [7, 11) is 0. The van der Waals surface area contributed by atoms with Crippen LogP contribution in [0.2, 0.25) is 0 Å². The molecule has 0 spiro atoms. The molecule has 0 amide bonds. The summed E-state index contributed by atoms with van der Waals surface area (Å²) in [5, 5.41) is 18.3. The van der Waals surface area contributed by atoms with E-state index in [0.29, 0.717) is 39.0 Å². The van der Waals surface area contributed by atoms with E-state index >= 15 is 0 Å². The Morgan fingerprint density at radius 3 is 2.41 bits per heavy atom. The van der Waals surface area contributed by atoms with Crippen LogP contribution in [-0.2, 0) is 9.47 Å². The monoisotopic (exact) mass is 249 g/mol. The van der Waals surface area contributed by atoms with Crippen molar-refractivity contribution in [2.75, 3.05) is 46.1 Å². The Kier molecular flexibility index (Phi) is 10.8. The maximum Gasteiger partial charge on any atom is 0.0900 e. The largest absolute Gasteiger partial charge is 0.394 e. The van der Waals surface area contributed by atoms with Gasteiger partial charge in [0.15, 0.2) is 0 Å². The number of nitrogens with zero attached hydrogens (tertiary/aromatic N) is 1. The average Bonchev–Trinajstić information content (AvgIpc) is 2.30. The molecule has 0 aromatic heterocycles. The van der Waals surface area contributed by atoms with E-state index in [4.69, 9.17) is 14.6 Å². The fourth-order valence-electron chi connectivity index (χ4n) is 1.49. The van der Waals surface area contributed by atoms with Crippen molar-refractivity contribution in [1.82, 2.24) is 4.90 Å². The van der Waals surface area contributed by atoms with Crippen LogP contribution in [0.15, 0.2) is 0 Å². The van der Waals surface area contributed by atoms with E-state index < -0.39 is 6.10 Å². The predicted molar refractivity (Wildman–Crippen MR) is 67.1 cm³/mol. The third-order valence-electron chi connectivity index (χ3n) is 2.45. The molecule has 0 aliphatic carbocycles. The summed E-state index contributed by atoms with van der Waals surface area (Å²) < 4.78 is 10.4. The molecule has 0 bridgehead atoms. The second-order valence-electron chi connectivity index (χ2n) is 4.24. The fourth-order valence-corrected chi connectivity index (χ4v) is 1.49. The number of rotatable bonds is 11. The van der Waals surface area contributed by atoms with Gasteiger partial charge in [-0.25, -0.2) is 0 Å².